The van der Waals surface area contributed by atoms with E-state index in [0.29, 0.717) is 18.5 Å². The fraction of sp³-hybridized carbons (Fsp3) is 0.591. The average Bonchev–Trinajstić information content (AvgIpc) is 3.40. The van der Waals surface area contributed by atoms with Crippen LogP contribution in [0.15, 0.2) is 30.5 Å². The maximum Gasteiger partial charge on any atom is 0.227 e. The maximum atomic E-state index is 12.8. The van der Waals surface area contributed by atoms with Gasteiger partial charge in [0.1, 0.15) is 0 Å². The van der Waals surface area contributed by atoms with Crippen LogP contribution >= 0.6 is 0 Å². The van der Waals surface area contributed by atoms with Crippen LogP contribution in [0.5, 0.6) is 0 Å². The van der Waals surface area contributed by atoms with Gasteiger partial charge in [-0.2, -0.15) is 0 Å². The number of hydrogen-bond acceptors (Lipinski definition) is 3. The Bertz CT molecular complexity index is 801. The van der Waals surface area contributed by atoms with Crippen molar-refractivity contribution >= 4 is 16.8 Å². The fourth-order valence-electron chi connectivity index (χ4n) is 4.63. The van der Waals surface area contributed by atoms with Crippen LogP contribution < -0.4 is 0 Å². The standard InChI is InChI=1S/C22H29N3O2/c26-22(11-17-12-23-21-4-2-1-3-20(17)21)24-14-19(15-24)25(13-16-5-6-16)18-7-9-27-10-8-18/h1-4,12,16,18-19,23H,5-11,13-15H2. The SMILES string of the molecule is O=C(Cc1c[nH]c2ccccc12)N1CC(N(CC2CC2)C2CCOCC2)C1. The number of fused-ring (bicyclic) bond motifs is 1. The molecule has 0 atom stereocenters. The van der Waals surface area contributed by atoms with Crippen molar-refractivity contribution in [3.63, 3.8) is 0 Å². The van der Waals surface area contributed by atoms with Gasteiger partial charge in [-0.1, -0.05) is 18.2 Å². The number of amides is 1. The smallest absolute Gasteiger partial charge is 0.227 e. The maximum absolute atomic E-state index is 12.8. The van der Waals surface area contributed by atoms with Crippen LogP contribution in [0.25, 0.3) is 10.9 Å². The van der Waals surface area contributed by atoms with Crippen LogP contribution in [0, 0.1) is 5.92 Å². The number of nitrogens with zero attached hydrogens (tertiary/aromatic N) is 2. The third-order valence-corrected chi connectivity index (χ3v) is 6.53. The van der Waals surface area contributed by atoms with E-state index in [-0.39, 0.29) is 5.91 Å². The fourth-order valence-corrected chi connectivity index (χ4v) is 4.63. The zero-order valence-electron chi connectivity index (χ0n) is 15.9. The number of ether oxygens (including phenoxy) is 1. The lowest BCUT2D eigenvalue weighted by Crippen LogP contribution is -2.64. The van der Waals surface area contributed by atoms with Gasteiger partial charge >= 0.3 is 0 Å². The summed E-state index contributed by atoms with van der Waals surface area (Å²) in [5, 5.41) is 1.17. The lowest BCUT2D eigenvalue weighted by molar-refractivity contribution is -0.139. The number of aromatic amines is 1. The molecule has 5 nitrogen and oxygen atoms in total. The minimum absolute atomic E-state index is 0.259. The molecule has 0 radical (unpaired) electrons. The van der Waals surface area contributed by atoms with Crippen LogP contribution in [-0.4, -0.2) is 65.6 Å². The van der Waals surface area contributed by atoms with Crippen molar-refractivity contribution in [1.82, 2.24) is 14.8 Å². The summed E-state index contributed by atoms with van der Waals surface area (Å²) in [5.41, 5.74) is 2.22. The number of likely N-dealkylation sites (tertiary alicyclic amines) is 1. The quantitative estimate of drug-likeness (QED) is 0.854. The third kappa shape index (κ3) is 3.63. The highest BCUT2D eigenvalue weighted by atomic mass is 16.5. The summed E-state index contributed by atoms with van der Waals surface area (Å²) in [7, 11) is 0. The lowest BCUT2D eigenvalue weighted by Gasteiger charge is -2.49. The number of nitrogens with one attached hydrogen (secondary N) is 1. The molecular weight excluding hydrogens is 338 g/mol. The van der Waals surface area contributed by atoms with Crippen molar-refractivity contribution in [3.8, 4) is 0 Å². The highest BCUT2D eigenvalue weighted by Gasteiger charge is 2.40. The molecule has 1 aliphatic carbocycles. The first-order valence-electron chi connectivity index (χ1n) is 10.4. The molecule has 1 amide bonds. The summed E-state index contributed by atoms with van der Waals surface area (Å²) < 4.78 is 5.56. The predicted octanol–water partition coefficient (Wildman–Crippen LogP) is 2.81. The van der Waals surface area contributed by atoms with Crippen molar-refractivity contribution in [3.05, 3.63) is 36.0 Å². The molecule has 0 bridgehead atoms. The Hall–Kier alpha value is -1.85. The number of hydrogen-bond donors (Lipinski definition) is 1. The molecule has 3 fully saturated rings. The minimum Gasteiger partial charge on any atom is -0.381 e. The lowest BCUT2D eigenvalue weighted by atomic mass is 9.98. The van der Waals surface area contributed by atoms with Gasteiger partial charge in [0.05, 0.1) is 6.42 Å². The molecule has 5 heteroatoms. The summed E-state index contributed by atoms with van der Waals surface area (Å²) in [6, 6.07) is 9.40. The van der Waals surface area contributed by atoms with Crippen LogP contribution in [-0.2, 0) is 16.0 Å². The van der Waals surface area contributed by atoms with Gasteiger partial charge < -0.3 is 14.6 Å². The molecule has 2 saturated heterocycles. The Morgan fingerprint density at radius 3 is 2.67 bits per heavy atom. The average molecular weight is 367 g/mol. The number of H-pyrrole nitrogens is 1. The van der Waals surface area contributed by atoms with Gasteiger partial charge in [0.25, 0.3) is 0 Å². The summed E-state index contributed by atoms with van der Waals surface area (Å²) in [5.74, 6) is 1.15. The highest BCUT2D eigenvalue weighted by Crippen LogP contribution is 2.34. The van der Waals surface area contributed by atoms with E-state index in [4.69, 9.17) is 4.74 Å². The first-order chi connectivity index (χ1) is 13.3. The second-order valence-corrected chi connectivity index (χ2v) is 8.47. The normalized spacial score (nSPS) is 21.7. The molecule has 1 aromatic heterocycles. The van der Waals surface area contributed by atoms with Gasteiger partial charge in [0, 0.05) is 62.0 Å². The van der Waals surface area contributed by atoms with Crippen LogP contribution in [0.3, 0.4) is 0 Å². The van der Waals surface area contributed by atoms with E-state index < -0.39 is 0 Å². The van der Waals surface area contributed by atoms with Crippen LogP contribution in [0.4, 0.5) is 0 Å². The predicted molar refractivity (Wildman–Crippen MR) is 106 cm³/mol. The molecule has 0 unspecified atom stereocenters. The molecule has 3 heterocycles. The Balaban J connectivity index is 1.20. The zero-order valence-corrected chi connectivity index (χ0v) is 15.9. The topological polar surface area (TPSA) is 48.6 Å². The monoisotopic (exact) mass is 367 g/mol. The van der Waals surface area contributed by atoms with Crippen molar-refractivity contribution in [2.45, 2.75) is 44.2 Å². The summed E-state index contributed by atoms with van der Waals surface area (Å²) in [6.45, 7) is 4.79. The highest BCUT2D eigenvalue weighted by molar-refractivity contribution is 5.89. The van der Waals surface area contributed by atoms with Crippen LogP contribution in [0.2, 0.25) is 0 Å². The van der Waals surface area contributed by atoms with Crippen molar-refractivity contribution in [1.29, 1.82) is 0 Å². The number of carbonyl (C=O) groups excluding carboxylic acids is 1. The molecule has 5 rings (SSSR count). The van der Waals surface area contributed by atoms with E-state index in [2.05, 4.69) is 22.0 Å². The molecule has 2 aliphatic heterocycles. The summed E-state index contributed by atoms with van der Waals surface area (Å²) in [6.07, 6.45) is 7.54. The third-order valence-electron chi connectivity index (χ3n) is 6.53. The van der Waals surface area contributed by atoms with E-state index in [1.165, 1.54) is 24.8 Å². The van der Waals surface area contributed by atoms with E-state index in [9.17, 15) is 4.79 Å². The molecule has 1 aromatic carbocycles. The molecule has 1 N–H and O–H groups in total. The van der Waals surface area contributed by atoms with Crippen molar-refractivity contribution in [2.24, 2.45) is 5.92 Å². The number of rotatable bonds is 6. The molecule has 27 heavy (non-hydrogen) atoms. The Labute approximate surface area is 160 Å². The Morgan fingerprint density at radius 2 is 1.89 bits per heavy atom. The van der Waals surface area contributed by atoms with E-state index >= 15 is 0 Å². The minimum atomic E-state index is 0.259. The largest absolute Gasteiger partial charge is 0.381 e. The molecule has 0 spiro atoms. The Kier molecular flexibility index (Phi) is 4.66. The van der Waals surface area contributed by atoms with Gasteiger partial charge in [-0.05, 0) is 43.2 Å². The second-order valence-electron chi connectivity index (χ2n) is 8.47. The van der Waals surface area contributed by atoms with Gasteiger partial charge in [-0.25, -0.2) is 0 Å². The second kappa shape index (κ2) is 7.28. The molecule has 1 saturated carbocycles. The number of carbonyl (C=O) groups is 1. The van der Waals surface area contributed by atoms with Gasteiger partial charge in [-0.3, -0.25) is 9.69 Å². The molecule has 2 aromatic rings. The first kappa shape index (κ1) is 17.3. The van der Waals surface area contributed by atoms with Crippen molar-refractivity contribution in [2.75, 3.05) is 32.8 Å². The molecule has 144 valence electrons. The number of aromatic nitrogens is 1. The summed E-state index contributed by atoms with van der Waals surface area (Å²) >= 11 is 0. The number of benzene rings is 1. The van der Waals surface area contributed by atoms with Gasteiger partial charge in [0.15, 0.2) is 0 Å². The summed E-state index contributed by atoms with van der Waals surface area (Å²) in [4.78, 5) is 20.8. The van der Waals surface area contributed by atoms with Crippen molar-refractivity contribution < 1.29 is 9.53 Å². The number of para-hydroxylation sites is 1. The molecular formula is C22H29N3O2. The first-order valence-corrected chi connectivity index (χ1v) is 10.4. The van der Waals surface area contributed by atoms with E-state index in [1.807, 2.05) is 23.2 Å². The van der Waals surface area contributed by atoms with Gasteiger partial charge in [0.2, 0.25) is 5.91 Å². The van der Waals surface area contributed by atoms with E-state index in [0.717, 1.165) is 56.1 Å². The van der Waals surface area contributed by atoms with Crippen LogP contribution in [0.1, 0.15) is 31.2 Å². The molecule has 3 aliphatic rings. The zero-order chi connectivity index (χ0) is 18.2. The Morgan fingerprint density at radius 1 is 1.11 bits per heavy atom. The van der Waals surface area contributed by atoms with E-state index in [1.54, 1.807) is 0 Å². The van der Waals surface area contributed by atoms with Gasteiger partial charge in [-0.15, -0.1) is 0 Å².